The number of carbonyl (C=O) groups excluding carboxylic acids is 1. The average Bonchev–Trinajstić information content (AvgIpc) is 3.06. The summed E-state index contributed by atoms with van der Waals surface area (Å²) in [5.74, 6) is -0.144. The molecule has 1 unspecified atom stereocenters. The lowest BCUT2D eigenvalue weighted by atomic mass is 9.83. The molecule has 4 heteroatoms. The average molecular weight is 392 g/mol. The molecule has 0 fully saturated rings. The van der Waals surface area contributed by atoms with Crippen molar-refractivity contribution in [3.05, 3.63) is 113 Å². The number of hydrogen-bond acceptors (Lipinski definition) is 3. The second kappa shape index (κ2) is 6.18. The predicted molar refractivity (Wildman–Crippen MR) is 118 cm³/mol. The summed E-state index contributed by atoms with van der Waals surface area (Å²) in [4.78, 5) is 15.6. The minimum Gasteiger partial charge on any atom is -0.328 e. The van der Waals surface area contributed by atoms with Gasteiger partial charge in [-0.3, -0.25) is 4.79 Å². The number of ether oxygens (including phenoxy) is 1. The first-order valence-electron chi connectivity index (χ1n) is 10.1. The number of para-hydroxylation sites is 2. The Labute approximate surface area is 175 Å². The van der Waals surface area contributed by atoms with Crippen LogP contribution in [0.3, 0.4) is 0 Å². The monoisotopic (exact) mass is 392 g/mol. The molecule has 3 aromatic rings. The molecule has 3 aliphatic heterocycles. The van der Waals surface area contributed by atoms with Crippen molar-refractivity contribution in [1.29, 1.82) is 0 Å². The second-order valence-corrected chi connectivity index (χ2v) is 7.80. The van der Waals surface area contributed by atoms with Crippen LogP contribution in [0, 0.1) is 0 Å². The van der Waals surface area contributed by atoms with E-state index in [-0.39, 0.29) is 5.91 Å². The zero-order valence-corrected chi connectivity index (χ0v) is 16.3. The van der Waals surface area contributed by atoms with Crippen LogP contribution in [0.4, 0.5) is 11.4 Å². The number of nitrogens with zero attached hydrogens (tertiary/aromatic N) is 1. The van der Waals surface area contributed by atoms with Crippen LogP contribution in [-0.4, -0.2) is 5.91 Å². The third-order valence-corrected chi connectivity index (χ3v) is 6.24. The van der Waals surface area contributed by atoms with E-state index in [0.29, 0.717) is 0 Å². The summed E-state index contributed by atoms with van der Waals surface area (Å²) < 4.78 is 6.80. The predicted octanol–water partition coefficient (Wildman–Crippen LogP) is 5.13. The molecule has 1 spiro atoms. The number of anilines is 2. The maximum absolute atomic E-state index is 13.4. The Kier molecular flexibility index (Phi) is 3.55. The Morgan fingerprint density at radius 1 is 1.03 bits per heavy atom. The van der Waals surface area contributed by atoms with E-state index < -0.39 is 11.8 Å². The number of rotatable bonds is 2. The van der Waals surface area contributed by atoms with Crippen molar-refractivity contribution in [2.24, 2.45) is 0 Å². The molecule has 0 aromatic heterocycles. The molecule has 3 aliphatic rings. The summed E-state index contributed by atoms with van der Waals surface area (Å²) in [5.41, 5.74) is 5.73. The Bertz CT molecular complexity index is 1250. The lowest BCUT2D eigenvalue weighted by Gasteiger charge is -2.46. The zero-order valence-electron chi connectivity index (χ0n) is 16.3. The largest absolute Gasteiger partial charge is 0.328 e. The van der Waals surface area contributed by atoms with Gasteiger partial charge < -0.3 is 15.0 Å². The van der Waals surface area contributed by atoms with E-state index in [1.54, 1.807) is 0 Å². The van der Waals surface area contributed by atoms with Crippen molar-refractivity contribution >= 4 is 23.4 Å². The topological polar surface area (TPSA) is 41.6 Å². The van der Waals surface area contributed by atoms with Gasteiger partial charge in [0.05, 0.1) is 5.69 Å². The van der Waals surface area contributed by atoms with Crippen LogP contribution in [-0.2, 0) is 21.6 Å². The second-order valence-electron chi connectivity index (χ2n) is 7.80. The van der Waals surface area contributed by atoms with Gasteiger partial charge in [-0.25, -0.2) is 0 Å². The molecule has 0 saturated heterocycles. The van der Waals surface area contributed by atoms with Gasteiger partial charge in [0.2, 0.25) is 5.60 Å². The van der Waals surface area contributed by atoms with Crippen LogP contribution in [0.5, 0.6) is 0 Å². The molecule has 3 heterocycles. The molecule has 30 heavy (non-hydrogen) atoms. The lowest BCUT2D eigenvalue weighted by Crippen LogP contribution is -2.48. The van der Waals surface area contributed by atoms with Crippen LogP contribution in [0.25, 0.3) is 6.08 Å². The van der Waals surface area contributed by atoms with E-state index in [2.05, 4.69) is 47.3 Å². The summed E-state index contributed by atoms with van der Waals surface area (Å²) >= 11 is 0. The maximum Gasteiger partial charge on any atom is 0.266 e. The molecule has 0 radical (unpaired) electrons. The fourth-order valence-corrected chi connectivity index (χ4v) is 4.94. The van der Waals surface area contributed by atoms with Gasteiger partial charge in [-0.1, -0.05) is 60.7 Å². The first-order chi connectivity index (χ1) is 14.7. The van der Waals surface area contributed by atoms with Gasteiger partial charge in [0, 0.05) is 28.6 Å². The van der Waals surface area contributed by atoms with Crippen molar-refractivity contribution < 1.29 is 9.53 Å². The van der Waals surface area contributed by atoms with Crippen LogP contribution in [0.15, 0.2) is 85.6 Å². The zero-order chi connectivity index (χ0) is 20.3. The number of fused-ring (bicyclic) bond motifs is 8. The van der Waals surface area contributed by atoms with Crippen molar-refractivity contribution in [1.82, 2.24) is 0 Å². The standard InChI is InChI=1S/C26H20N2O2/c1-2-8-17-9-7-10-19-18(17)15-16-28-23-14-6-4-12-21(23)26(30-24(19)28)20-11-3-5-13-22(20)27-25(26)29/h2-7,9-16,24H,1,8H2,(H,27,29)/t24-,26?/m1/s1. The highest BCUT2D eigenvalue weighted by Gasteiger charge is 2.56. The fraction of sp³-hybridized carbons (Fsp3) is 0.115. The van der Waals surface area contributed by atoms with E-state index in [1.165, 1.54) is 5.56 Å². The number of hydrogen-bond donors (Lipinski definition) is 1. The molecule has 0 saturated carbocycles. The van der Waals surface area contributed by atoms with Gasteiger partial charge >= 0.3 is 0 Å². The molecule has 0 aliphatic carbocycles. The van der Waals surface area contributed by atoms with E-state index in [1.807, 2.05) is 54.6 Å². The van der Waals surface area contributed by atoms with E-state index in [0.717, 1.165) is 40.0 Å². The molecule has 3 aromatic carbocycles. The number of nitrogens with one attached hydrogen (secondary N) is 1. The number of benzene rings is 3. The molecule has 1 amide bonds. The van der Waals surface area contributed by atoms with Gasteiger partial charge in [0.15, 0.2) is 6.23 Å². The highest BCUT2D eigenvalue weighted by atomic mass is 16.5. The maximum atomic E-state index is 13.4. The fourth-order valence-electron chi connectivity index (χ4n) is 4.94. The van der Waals surface area contributed by atoms with Crippen molar-refractivity contribution in [2.75, 3.05) is 10.2 Å². The summed E-state index contributed by atoms with van der Waals surface area (Å²) in [6.45, 7) is 3.89. The van der Waals surface area contributed by atoms with Crippen LogP contribution in [0.2, 0.25) is 0 Å². The van der Waals surface area contributed by atoms with Crippen LogP contribution in [0.1, 0.15) is 34.0 Å². The number of amides is 1. The Morgan fingerprint density at radius 3 is 2.70 bits per heavy atom. The molecule has 146 valence electrons. The molecule has 1 N–H and O–H groups in total. The quantitative estimate of drug-likeness (QED) is 0.615. The number of allylic oxidation sites excluding steroid dienone is 1. The smallest absolute Gasteiger partial charge is 0.266 e. The SMILES string of the molecule is C=CCc1cccc2c1C=CN1c3ccccc3C3(O[C@H]21)C(=O)Nc1ccccc13. The molecule has 0 bridgehead atoms. The first-order valence-corrected chi connectivity index (χ1v) is 10.1. The molecule has 6 rings (SSSR count). The highest BCUT2D eigenvalue weighted by molar-refractivity contribution is 6.08. The van der Waals surface area contributed by atoms with Crippen molar-refractivity contribution in [2.45, 2.75) is 18.2 Å². The van der Waals surface area contributed by atoms with Crippen LogP contribution < -0.4 is 10.2 Å². The normalized spacial score (nSPS) is 22.7. The summed E-state index contributed by atoms with van der Waals surface area (Å²) in [6, 6.07) is 22.1. The highest BCUT2D eigenvalue weighted by Crippen LogP contribution is 2.55. The molecule has 2 atom stereocenters. The Morgan fingerprint density at radius 2 is 1.83 bits per heavy atom. The van der Waals surface area contributed by atoms with Crippen molar-refractivity contribution in [3.8, 4) is 0 Å². The molecular weight excluding hydrogens is 372 g/mol. The van der Waals surface area contributed by atoms with Crippen molar-refractivity contribution in [3.63, 3.8) is 0 Å². The lowest BCUT2D eigenvalue weighted by molar-refractivity contribution is -0.145. The van der Waals surface area contributed by atoms with Gasteiger partial charge in [-0.15, -0.1) is 6.58 Å². The van der Waals surface area contributed by atoms with Gasteiger partial charge in [0.25, 0.3) is 5.91 Å². The van der Waals surface area contributed by atoms with Gasteiger partial charge in [-0.05, 0) is 35.8 Å². The summed E-state index contributed by atoms with van der Waals surface area (Å²) in [5, 5.41) is 3.04. The van der Waals surface area contributed by atoms with E-state index in [9.17, 15) is 4.79 Å². The third-order valence-electron chi connectivity index (χ3n) is 6.24. The minimum atomic E-state index is -1.18. The van der Waals surface area contributed by atoms with Gasteiger partial charge in [-0.2, -0.15) is 0 Å². The van der Waals surface area contributed by atoms with E-state index in [4.69, 9.17) is 4.74 Å². The Hall–Kier alpha value is -3.63. The Balaban J connectivity index is 1.62. The number of carbonyl (C=O) groups is 1. The summed E-state index contributed by atoms with van der Waals surface area (Å²) in [7, 11) is 0. The molecular formula is C26H20N2O2. The third kappa shape index (κ3) is 2.11. The summed E-state index contributed by atoms with van der Waals surface area (Å²) in [6.07, 6.45) is 6.48. The van der Waals surface area contributed by atoms with Gasteiger partial charge in [0.1, 0.15) is 0 Å². The van der Waals surface area contributed by atoms with E-state index >= 15 is 0 Å². The minimum absolute atomic E-state index is 0.144. The van der Waals surface area contributed by atoms with Crippen LogP contribution >= 0.6 is 0 Å². The molecule has 4 nitrogen and oxygen atoms in total. The first kappa shape index (κ1) is 17.2.